The average Bonchev–Trinajstić information content (AvgIpc) is 3.02. The summed E-state index contributed by atoms with van der Waals surface area (Å²) < 4.78 is 9.27. The van der Waals surface area contributed by atoms with Crippen LogP contribution < -0.4 is 5.73 Å². The minimum atomic E-state index is -2.35. The summed E-state index contributed by atoms with van der Waals surface area (Å²) in [6.07, 6.45) is -0.725. The molecule has 1 saturated carbocycles. The number of likely N-dealkylation sites (tertiary alicyclic amines) is 1. The Morgan fingerprint density at radius 3 is 2.25 bits per heavy atom. The molecule has 0 radical (unpaired) electrons. The van der Waals surface area contributed by atoms with Crippen LogP contribution in [0.3, 0.4) is 0 Å². The number of carbonyl (C=O) groups is 6. The molecule has 1 saturated heterocycles. The first-order valence-corrected chi connectivity index (χ1v) is 10.7. The van der Waals surface area contributed by atoms with Gasteiger partial charge in [0.2, 0.25) is 17.4 Å². The maximum atomic E-state index is 12.9. The topological polar surface area (TPSA) is 150 Å². The number of methoxy groups -OCH3 is 2. The molecule has 1 heterocycles. The van der Waals surface area contributed by atoms with Gasteiger partial charge in [0.1, 0.15) is 11.3 Å². The van der Waals surface area contributed by atoms with Crippen molar-refractivity contribution in [1.82, 2.24) is 4.90 Å². The number of ether oxygens (including phenoxy) is 2. The van der Waals surface area contributed by atoms with E-state index in [1.54, 1.807) is 0 Å². The normalized spacial score (nSPS) is 26.4. The van der Waals surface area contributed by atoms with Crippen LogP contribution in [-0.4, -0.2) is 77.0 Å². The maximum Gasteiger partial charge on any atom is 0.341 e. The fourth-order valence-electron chi connectivity index (χ4n) is 3.14. The van der Waals surface area contributed by atoms with Crippen LogP contribution in [0.4, 0.5) is 0 Å². The van der Waals surface area contributed by atoms with E-state index in [-0.39, 0.29) is 31.4 Å². The third kappa shape index (κ3) is 3.80. The van der Waals surface area contributed by atoms with Gasteiger partial charge in [0.05, 0.1) is 14.2 Å². The van der Waals surface area contributed by atoms with Gasteiger partial charge in [-0.1, -0.05) is 21.6 Å². The van der Waals surface area contributed by atoms with Crippen molar-refractivity contribution in [1.29, 1.82) is 0 Å². The number of Topliss-reactive ketones (excluding diaryl/α,β-unsaturated/α-hetero) is 2. The van der Waals surface area contributed by atoms with E-state index in [1.165, 1.54) is 7.11 Å². The molecule has 2 aliphatic rings. The van der Waals surface area contributed by atoms with Gasteiger partial charge < -0.3 is 15.2 Å². The monoisotopic (exact) mass is 432 g/mol. The van der Waals surface area contributed by atoms with Crippen LogP contribution in [0.2, 0.25) is 0 Å². The molecule has 10 nitrogen and oxygen atoms in total. The lowest BCUT2D eigenvalue weighted by Gasteiger charge is -2.43. The molecule has 0 aromatic carbocycles. The molecule has 2 rings (SSSR count). The fraction of sp³-hybridized carbons (Fsp3) is 0.625. The van der Waals surface area contributed by atoms with Gasteiger partial charge in [0, 0.05) is 31.4 Å². The zero-order chi connectivity index (χ0) is 21.1. The molecule has 0 aromatic heterocycles. The second kappa shape index (κ2) is 9.05. The predicted molar refractivity (Wildman–Crippen MR) is 98.9 cm³/mol. The SMILES string of the molecule is COC(=O)C(N)CSSC1C(=O)CCC(=O)[C@]1(C(=O)OC)N1C(=O)CCC1=O. The lowest BCUT2D eigenvalue weighted by Crippen LogP contribution is -2.71. The fourth-order valence-corrected chi connectivity index (χ4v) is 6.16. The van der Waals surface area contributed by atoms with Crippen molar-refractivity contribution in [2.45, 2.75) is 42.5 Å². The largest absolute Gasteiger partial charge is 0.468 e. The highest BCUT2D eigenvalue weighted by molar-refractivity contribution is 8.77. The summed E-state index contributed by atoms with van der Waals surface area (Å²) in [6.45, 7) is 0. The highest BCUT2D eigenvalue weighted by Gasteiger charge is 2.66. The predicted octanol–water partition coefficient (Wildman–Crippen LogP) is -0.770. The van der Waals surface area contributed by atoms with Crippen molar-refractivity contribution in [3.63, 3.8) is 0 Å². The summed E-state index contributed by atoms with van der Waals surface area (Å²) >= 11 is 0. The third-order valence-corrected chi connectivity index (χ3v) is 7.33. The van der Waals surface area contributed by atoms with Crippen LogP contribution in [0.1, 0.15) is 25.7 Å². The summed E-state index contributed by atoms with van der Waals surface area (Å²) in [4.78, 5) is 75.0. The zero-order valence-electron chi connectivity index (χ0n) is 15.3. The van der Waals surface area contributed by atoms with Gasteiger partial charge in [-0.15, -0.1) is 0 Å². The van der Waals surface area contributed by atoms with Crippen molar-refractivity contribution >= 4 is 56.9 Å². The van der Waals surface area contributed by atoms with E-state index in [9.17, 15) is 28.8 Å². The summed E-state index contributed by atoms with van der Waals surface area (Å²) in [5.74, 6) is -4.39. The molecule has 1 aliphatic heterocycles. The number of hydrogen-bond acceptors (Lipinski definition) is 11. The maximum absolute atomic E-state index is 12.9. The molecular formula is C16H20N2O8S2. The Bertz CT molecular complexity index is 701. The van der Waals surface area contributed by atoms with Gasteiger partial charge in [-0.3, -0.25) is 28.9 Å². The average molecular weight is 432 g/mol. The highest BCUT2D eigenvalue weighted by atomic mass is 33.1. The third-order valence-electron chi connectivity index (χ3n) is 4.51. The molecule has 12 heteroatoms. The Balaban J connectivity index is 2.39. The van der Waals surface area contributed by atoms with E-state index in [0.717, 1.165) is 28.7 Å². The Labute approximate surface area is 168 Å². The van der Waals surface area contributed by atoms with Gasteiger partial charge in [-0.25, -0.2) is 4.79 Å². The van der Waals surface area contributed by atoms with Crippen molar-refractivity contribution in [3.8, 4) is 0 Å². The highest BCUT2D eigenvalue weighted by Crippen LogP contribution is 2.44. The molecule has 0 spiro atoms. The number of amides is 2. The number of ketones is 2. The summed E-state index contributed by atoms with van der Waals surface area (Å²) in [5.41, 5.74) is 3.31. The van der Waals surface area contributed by atoms with Crippen LogP contribution in [0.5, 0.6) is 0 Å². The molecule has 3 atom stereocenters. The summed E-state index contributed by atoms with van der Waals surface area (Å²) in [7, 11) is 3.98. The number of carbonyl (C=O) groups excluding carboxylic acids is 6. The van der Waals surface area contributed by atoms with E-state index in [1.807, 2.05) is 0 Å². The van der Waals surface area contributed by atoms with Crippen molar-refractivity contribution in [2.75, 3.05) is 20.0 Å². The second-order valence-corrected chi connectivity index (χ2v) is 8.68. The Kier molecular flexibility index (Phi) is 7.23. The Morgan fingerprint density at radius 1 is 1.11 bits per heavy atom. The summed E-state index contributed by atoms with van der Waals surface area (Å²) in [6, 6.07) is -0.987. The molecule has 1 aliphatic carbocycles. The first kappa shape index (κ1) is 22.4. The first-order valence-electron chi connectivity index (χ1n) is 8.33. The van der Waals surface area contributed by atoms with Gasteiger partial charge in [0.15, 0.2) is 11.6 Å². The minimum absolute atomic E-state index is 0.0223. The molecule has 2 N–H and O–H groups in total. The molecule has 2 amide bonds. The van der Waals surface area contributed by atoms with Crippen LogP contribution in [-0.2, 0) is 38.2 Å². The van der Waals surface area contributed by atoms with Gasteiger partial charge in [-0.2, -0.15) is 0 Å². The lowest BCUT2D eigenvalue weighted by atomic mass is 9.77. The van der Waals surface area contributed by atoms with E-state index in [0.29, 0.717) is 4.90 Å². The van der Waals surface area contributed by atoms with Gasteiger partial charge in [0.25, 0.3) is 0 Å². The van der Waals surface area contributed by atoms with E-state index < -0.39 is 52.2 Å². The lowest BCUT2D eigenvalue weighted by molar-refractivity contribution is -0.172. The number of nitrogens with zero attached hydrogens (tertiary/aromatic N) is 1. The summed E-state index contributed by atoms with van der Waals surface area (Å²) in [5, 5.41) is -1.36. The number of esters is 2. The van der Waals surface area contributed by atoms with Crippen LogP contribution >= 0.6 is 21.6 Å². The second-order valence-electron chi connectivity index (χ2n) is 6.16. The standard InChI is InChI=1S/C16H20N2O8S2/c1-25-14(23)8(17)7-27-28-13-9(19)3-4-10(20)16(13,15(24)26-2)18-11(21)5-6-12(18)22/h8,13H,3-7,17H2,1-2H3/t8?,13?,16-/m0/s1. The van der Waals surface area contributed by atoms with E-state index in [4.69, 9.17) is 10.5 Å². The zero-order valence-corrected chi connectivity index (χ0v) is 16.9. The van der Waals surface area contributed by atoms with Crippen LogP contribution in [0.15, 0.2) is 0 Å². The molecule has 28 heavy (non-hydrogen) atoms. The molecule has 2 fully saturated rings. The van der Waals surface area contributed by atoms with Gasteiger partial charge in [-0.05, 0) is 0 Å². The molecule has 0 aromatic rings. The minimum Gasteiger partial charge on any atom is -0.468 e. The molecule has 154 valence electrons. The quantitative estimate of drug-likeness (QED) is 0.234. The molecule has 0 bridgehead atoms. The number of imide groups is 1. The Hall–Kier alpha value is -1.92. The van der Waals surface area contributed by atoms with Crippen molar-refractivity contribution < 1.29 is 38.2 Å². The number of hydrogen-bond donors (Lipinski definition) is 1. The van der Waals surface area contributed by atoms with Gasteiger partial charge >= 0.3 is 11.9 Å². The number of rotatable bonds is 7. The van der Waals surface area contributed by atoms with Crippen LogP contribution in [0, 0.1) is 0 Å². The number of nitrogens with two attached hydrogens (primary N) is 1. The smallest absolute Gasteiger partial charge is 0.341 e. The van der Waals surface area contributed by atoms with Crippen molar-refractivity contribution in [2.24, 2.45) is 5.73 Å². The Morgan fingerprint density at radius 2 is 1.71 bits per heavy atom. The molecular weight excluding hydrogens is 412 g/mol. The van der Waals surface area contributed by atoms with E-state index in [2.05, 4.69) is 4.74 Å². The van der Waals surface area contributed by atoms with Crippen molar-refractivity contribution in [3.05, 3.63) is 0 Å². The van der Waals surface area contributed by atoms with E-state index >= 15 is 0 Å². The first-order chi connectivity index (χ1) is 13.2. The molecule has 2 unspecified atom stereocenters. The van der Waals surface area contributed by atoms with Crippen LogP contribution in [0.25, 0.3) is 0 Å².